The largest absolute Gasteiger partial charge is 0.334 e. The number of hydrogen-bond acceptors (Lipinski definition) is 4. The van der Waals surface area contributed by atoms with E-state index >= 15 is 0 Å². The molecular weight excluding hydrogens is 348 g/mol. The fraction of sp³-hybridized carbons (Fsp3) is 0.438. The standard InChI is InChI=1S/C16H24N4O2S.ClH/c1-14(2)19-12-16(18-13-19)23(21,22)20(11-9-17)10-8-15-6-4-3-5-7-15;/h3-7,12-14H,8-11,17H2,1-2H3;1H. The molecule has 24 heavy (non-hydrogen) atoms. The van der Waals surface area contributed by atoms with Gasteiger partial charge in [-0.2, -0.15) is 4.31 Å². The summed E-state index contributed by atoms with van der Waals surface area (Å²) in [4.78, 5) is 4.06. The molecule has 2 rings (SSSR count). The zero-order valence-electron chi connectivity index (χ0n) is 14.0. The molecule has 0 saturated heterocycles. The van der Waals surface area contributed by atoms with E-state index in [2.05, 4.69) is 4.98 Å². The van der Waals surface area contributed by atoms with E-state index in [1.807, 2.05) is 44.2 Å². The summed E-state index contributed by atoms with van der Waals surface area (Å²) in [7, 11) is -3.62. The lowest BCUT2D eigenvalue weighted by Crippen LogP contribution is -2.37. The van der Waals surface area contributed by atoms with Crippen LogP contribution in [0.1, 0.15) is 25.5 Å². The smallest absolute Gasteiger partial charge is 0.262 e. The highest BCUT2D eigenvalue weighted by Gasteiger charge is 2.26. The molecule has 0 radical (unpaired) electrons. The molecule has 1 aromatic carbocycles. The van der Waals surface area contributed by atoms with Crippen molar-refractivity contribution in [3.05, 3.63) is 48.4 Å². The Morgan fingerprint density at radius 2 is 1.88 bits per heavy atom. The monoisotopic (exact) mass is 372 g/mol. The Morgan fingerprint density at radius 3 is 2.42 bits per heavy atom. The molecule has 134 valence electrons. The summed E-state index contributed by atoms with van der Waals surface area (Å²) < 4.78 is 28.7. The highest BCUT2D eigenvalue weighted by atomic mass is 35.5. The van der Waals surface area contributed by atoms with E-state index in [1.54, 1.807) is 17.1 Å². The molecule has 0 saturated carbocycles. The number of imidazole rings is 1. The Balaban J connectivity index is 0.00000288. The Labute approximate surface area is 150 Å². The third-order valence-electron chi connectivity index (χ3n) is 3.65. The van der Waals surface area contributed by atoms with Crippen molar-refractivity contribution in [3.63, 3.8) is 0 Å². The molecule has 2 N–H and O–H groups in total. The van der Waals surface area contributed by atoms with Crippen LogP contribution in [0.15, 0.2) is 47.9 Å². The molecule has 0 fully saturated rings. The maximum Gasteiger partial charge on any atom is 0.262 e. The normalized spacial score (nSPS) is 11.7. The van der Waals surface area contributed by atoms with Crippen molar-refractivity contribution in [2.75, 3.05) is 19.6 Å². The number of benzene rings is 1. The van der Waals surface area contributed by atoms with E-state index < -0.39 is 10.0 Å². The number of aromatic nitrogens is 2. The van der Waals surface area contributed by atoms with Gasteiger partial charge < -0.3 is 10.3 Å². The van der Waals surface area contributed by atoms with Crippen molar-refractivity contribution in [3.8, 4) is 0 Å². The average molecular weight is 373 g/mol. The second-order valence-corrected chi connectivity index (χ2v) is 7.57. The van der Waals surface area contributed by atoms with Crippen molar-refractivity contribution in [2.24, 2.45) is 5.73 Å². The zero-order valence-corrected chi connectivity index (χ0v) is 15.6. The van der Waals surface area contributed by atoms with Crippen molar-refractivity contribution >= 4 is 22.4 Å². The Kier molecular flexibility index (Phi) is 7.89. The lowest BCUT2D eigenvalue weighted by molar-refractivity contribution is 0.420. The average Bonchev–Trinajstić information content (AvgIpc) is 3.03. The molecule has 0 unspecified atom stereocenters. The van der Waals surface area contributed by atoms with Crippen LogP contribution < -0.4 is 5.73 Å². The van der Waals surface area contributed by atoms with Gasteiger partial charge in [0.05, 0.1) is 6.33 Å². The van der Waals surface area contributed by atoms with Gasteiger partial charge in [0.2, 0.25) is 0 Å². The van der Waals surface area contributed by atoms with Gasteiger partial charge in [0.25, 0.3) is 10.0 Å². The second-order valence-electron chi connectivity index (χ2n) is 5.68. The van der Waals surface area contributed by atoms with Gasteiger partial charge in [0.1, 0.15) is 0 Å². The first-order valence-electron chi connectivity index (χ1n) is 7.72. The molecular formula is C16H25ClN4O2S. The SMILES string of the molecule is CC(C)n1cnc(S(=O)(=O)N(CCN)CCc2ccccc2)c1.Cl. The third kappa shape index (κ3) is 5.04. The minimum Gasteiger partial charge on any atom is -0.334 e. The van der Waals surface area contributed by atoms with Crippen LogP contribution in [0.4, 0.5) is 0 Å². The lowest BCUT2D eigenvalue weighted by atomic mass is 10.1. The van der Waals surface area contributed by atoms with Gasteiger partial charge in [0, 0.05) is 31.9 Å². The minimum atomic E-state index is -3.62. The fourth-order valence-electron chi connectivity index (χ4n) is 2.26. The van der Waals surface area contributed by atoms with E-state index in [0.717, 1.165) is 5.56 Å². The van der Waals surface area contributed by atoms with E-state index in [1.165, 1.54) is 4.31 Å². The Hall–Kier alpha value is -1.41. The predicted octanol–water partition coefficient (Wildman–Crippen LogP) is 2.08. The molecule has 0 spiro atoms. The van der Waals surface area contributed by atoms with Crippen LogP contribution in [0.2, 0.25) is 0 Å². The van der Waals surface area contributed by atoms with Crippen LogP contribution >= 0.6 is 12.4 Å². The first kappa shape index (κ1) is 20.6. The molecule has 0 aliphatic carbocycles. The van der Waals surface area contributed by atoms with Gasteiger partial charge >= 0.3 is 0 Å². The number of sulfonamides is 1. The summed E-state index contributed by atoms with van der Waals surface area (Å²) in [5.74, 6) is 0. The summed E-state index contributed by atoms with van der Waals surface area (Å²) >= 11 is 0. The molecule has 8 heteroatoms. The van der Waals surface area contributed by atoms with E-state index in [4.69, 9.17) is 5.73 Å². The Morgan fingerprint density at radius 1 is 1.21 bits per heavy atom. The second kappa shape index (κ2) is 9.17. The van der Waals surface area contributed by atoms with E-state index in [9.17, 15) is 8.42 Å². The summed E-state index contributed by atoms with van der Waals surface area (Å²) in [6.07, 6.45) is 3.77. The van der Waals surface area contributed by atoms with Crippen LogP contribution in [0.3, 0.4) is 0 Å². The predicted molar refractivity (Wildman–Crippen MR) is 97.8 cm³/mol. The third-order valence-corrected chi connectivity index (χ3v) is 5.43. The number of hydrogen-bond donors (Lipinski definition) is 1. The maximum atomic E-state index is 12.8. The van der Waals surface area contributed by atoms with Gasteiger partial charge in [-0.1, -0.05) is 30.3 Å². The zero-order chi connectivity index (χ0) is 16.9. The number of rotatable bonds is 8. The molecule has 6 nitrogen and oxygen atoms in total. The number of halogens is 1. The number of nitrogens with zero attached hydrogens (tertiary/aromatic N) is 3. The van der Waals surface area contributed by atoms with Gasteiger partial charge in [-0.25, -0.2) is 13.4 Å². The molecule has 2 aromatic rings. The molecule has 0 bridgehead atoms. The highest BCUT2D eigenvalue weighted by Crippen LogP contribution is 2.16. The molecule has 0 aliphatic heterocycles. The summed E-state index contributed by atoms with van der Waals surface area (Å²) in [6, 6.07) is 9.97. The van der Waals surface area contributed by atoms with Crippen molar-refractivity contribution in [1.82, 2.24) is 13.9 Å². The fourth-order valence-corrected chi connectivity index (χ4v) is 3.64. The topological polar surface area (TPSA) is 81.2 Å². The first-order chi connectivity index (χ1) is 10.9. The van der Waals surface area contributed by atoms with Crippen LogP contribution in [0, 0.1) is 0 Å². The molecule has 1 heterocycles. The summed E-state index contributed by atoms with van der Waals surface area (Å²) in [5, 5.41) is 0.0766. The molecule has 0 aliphatic rings. The summed E-state index contributed by atoms with van der Waals surface area (Å²) in [6.45, 7) is 4.90. The highest BCUT2D eigenvalue weighted by molar-refractivity contribution is 7.89. The van der Waals surface area contributed by atoms with E-state index in [-0.39, 0.29) is 36.6 Å². The van der Waals surface area contributed by atoms with Crippen LogP contribution in [0.25, 0.3) is 0 Å². The van der Waals surface area contributed by atoms with E-state index in [0.29, 0.717) is 13.0 Å². The lowest BCUT2D eigenvalue weighted by Gasteiger charge is -2.20. The van der Waals surface area contributed by atoms with Crippen LogP contribution in [-0.4, -0.2) is 41.9 Å². The molecule has 0 atom stereocenters. The summed E-state index contributed by atoms with van der Waals surface area (Å²) in [5.41, 5.74) is 6.69. The van der Waals surface area contributed by atoms with Crippen LogP contribution in [0.5, 0.6) is 0 Å². The van der Waals surface area contributed by atoms with Crippen molar-refractivity contribution in [1.29, 1.82) is 0 Å². The van der Waals surface area contributed by atoms with Gasteiger partial charge in [0.15, 0.2) is 5.03 Å². The van der Waals surface area contributed by atoms with Crippen molar-refractivity contribution < 1.29 is 8.42 Å². The Bertz CT molecular complexity index is 717. The van der Waals surface area contributed by atoms with Crippen LogP contribution in [-0.2, 0) is 16.4 Å². The maximum absolute atomic E-state index is 12.8. The van der Waals surface area contributed by atoms with Crippen molar-refractivity contribution in [2.45, 2.75) is 31.3 Å². The molecule has 0 amide bonds. The van der Waals surface area contributed by atoms with Gasteiger partial charge in [-0.15, -0.1) is 12.4 Å². The molecule has 1 aromatic heterocycles. The quantitative estimate of drug-likeness (QED) is 0.769. The van der Waals surface area contributed by atoms with Gasteiger partial charge in [-0.3, -0.25) is 0 Å². The van der Waals surface area contributed by atoms with Gasteiger partial charge in [-0.05, 0) is 25.8 Å². The number of nitrogens with two attached hydrogens (primary N) is 1. The minimum absolute atomic E-state index is 0. The first-order valence-corrected chi connectivity index (χ1v) is 9.16.